The number of aromatic nitrogens is 2. The lowest BCUT2D eigenvalue weighted by Crippen LogP contribution is -2.04. The van der Waals surface area contributed by atoms with Crippen LogP contribution in [0.15, 0.2) is 176 Å². The molecule has 0 aliphatic carbocycles. The van der Waals surface area contributed by atoms with Crippen molar-refractivity contribution in [2.24, 2.45) is 0 Å². The van der Waals surface area contributed by atoms with Crippen LogP contribution in [0.25, 0.3) is 114 Å². The molecular formula is C61H29F3N8. The molecule has 0 unspecified atom stereocenters. The van der Waals surface area contributed by atoms with Crippen molar-refractivity contribution in [1.82, 2.24) is 9.13 Å². The molecule has 0 fully saturated rings. The molecule has 2 aromatic heterocycles. The van der Waals surface area contributed by atoms with Gasteiger partial charge in [0, 0.05) is 49.5 Å². The molecule has 0 spiro atoms. The summed E-state index contributed by atoms with van der Waals surface area (Å²) < 4.78 is 46.7. The van der Waals surface area contributed by atoms with E-state index in [1.807, 2.05) is 109 Å². The van der Waals surface area contributed by atoms with Gasteiger partial charge in [-0.25, -0.2) is 14.5 Å². The number of halogens is 3. The van der Waals surface area contributed by atoms with Gasteiger partial charge in [-0.2, -0.15) is 29.0 Å². The molecule has 0 amide bonds. The van der Waals surface area contributed by atoms with Crippen LogP contribution in [0.4, 0.5) is 30.2 Å². The van der Waals surface area contributed by atoms with E-state index in [2.05, 4.69) is 41.9 Å². The second-order valence-corrected chi connectivity index (χ2v) is 17.0. The maximum atomic E-state index is 14.2. The van der Waals surface area contributed by atoms with Crippen LogP contribution in [-0.4, -0.2) is 9.13 Å². The minimum atomic E-state index is -4.69. The molecule has 11 rings (SSSR count). The average molecular weight is 931 g/mol. The summed E-state index contributed by atoms with van der Waals surface area (Å²) in [5.41, 5.74) is 9.92. The Labute approximate surface area is 409 Å². The molecule has 0 saturated carbocycles. The summed E-state index contributed by atoms with van der Waals surface area (Å²) in [6.45, 7) is 23.5. The number of alkyl halides is 3. The van der Waals surface area contributed by atoms with Crippen LogP contribution in [0.2, 0.25) is 0 Å². The Hall–Kier alpha value is -10.7. The van der Waals surface area contributed by atoms with Gasteiger partial charge in [-0.15, -0.1) is 0 Å². The second kappa shape index (κ2) is 17.1. The van der Waals surface area contributed by atoms with Gasteiger partial charge in [-0.3, -0.25) is 0 Å². The highest BCUT2D eigenvalue weighted by Crippen LogP contribution is 2.47. The van der Waals surface area contributed by atoms with Crippen molar-refractivity contribution in [2.75, 3.05) is 0 Å². The van der Waals surface area contributed by atoms with Crippen LogP contribution >= 0.6 is 0 Å². The van der Waals surface area contributed by atoms with Crippen molar-refractivity contribution in [3.05, 3.63) is 232 Å². The van der Waals surface area contributed by atoms with E-state index >= 15 is 0 Å². The Morgan fingerprint density at radius 1 is 0.417 bits per heavy atom. The molecule has 8 nitrogen and oxygen atoms in total. The largest absolute Gasteiger partial charge is 0.415 e. The Bertz CT molecular complexity index is 4420. The third-order valence-corrected chi connectivity index (χ3v) is 13.1. The summed E-state index contributed by atoms with van der Waals surface area (Å²) in [5, 5.41) is 33.7. The van der Waals surface area contributed by atoms with E-state index in [-0.39, 0.29) is 11.3 Å². The van der Waals surface area contributed by atoms with Gasteiger partial charge in [0.2, 0.25) is 0 Å². The van der Waals surface area contributed by atoms with E-state index in [4.69, 9.17) is 19.7 Å². The zero-order valence-corrected chi connectivity index (χ0v) is 37.5. The number of hydrogen-bond donors (Lipinski definition) is 0. The van der Waals surface area contributed by atoms with E-state index in [0.29, 0.717) is 67.3 Å². The number of nitriles is 3. The first-order chi connectivity index (χ1) is 35.0. The Kier molecular flexibility index (Phi) is 10.4. The van der Waals surface area contributed by atoms with E-state index in [1.54, 1.807) is 48.5 Å². The summed E-state index contributed by atoms with van der Waals surface area (Å²) in [4.78, 5) is 10.9. The molecule has 0 saturated heterocycles. The van der Waals surface area contributed by atoms with Gasteiger partial charge in [0.15, 0.2) is 17.1 Å². The zero-order chi connectivity index (χ0) is 49.8. The summed E-state index contributed by atoms with van der Waals surface area (Å²) in [6.07, 6.45) is -4.69. The number of hydrogen-bond acceptors (Lipinski definition) is 3. The highest BCUT2D eigenvalue weighted by Gasteiger charge is 2.31. The fourth-order valence-corrected chi connectivity index (χ4v) is 9.88. The lowest BCUT2D eigenvalue weighted by Gasteiger charge is -2.20. The minimum absolute atomic E-state index is 0.201. The smallest absolute Gasteiger partial charge is 0.309 e. The normalized spacial score (nSPS) is 11.2. The first-order valence-electron chi connectivity index (χ1n) is 22.2. The third kappa shape index (κ3) is 7.12. The molecule has 2 heterocycles. The van der Waals surface area contributed by atoms with Crippen LogP contribution < -0.4 is 0 Å². The van der Waals surface area contributed by atoms with Crippen LogP contribution in [-0.2, 0) is 6.18 Å². The van der Waals surface area contributed by atoms with E-state index < -0.39 is 11.7 Å². The first kappa shape index (κ1) is 43.9. The third-order valence-electron chi connectivity index (χ3n) is 13.1. The minimum Gasteiger partial charge on any atom is -0.309 e. The highest BCUT2D eigenvalue weighted by molar-refractivity contribution is 6.13. The lowest BCUT2D eigenvalue weighted by atomic mass is 9.90. The summed E-state index contributed by atoms with van der Waals surface area (Å²) >= 11 is 0. The molecule has 0 radical (unpaired) electrons. The molecule has 0 bridgehead atoms. The Morgan fingerprint density at radius 3 is 1.64 bits per heavy atom. The first-order valence-corrected chi connectivity index (χ1v) is 22.2. The molecule has 0 N–H and O–H groups in total. The van der Waals surface area contributed by atoms with Gasteiger partial charge in [0.05, 0.1) is 71.2 Å². The molecule has 0 aliphatic rings. The number of nitrogens with zero attached hydrogens (tertiary/aromatic N) is 8. The van der Waals surface area contributed by atoms with E-state index in [9.17, 15) is 29.0 Å². The summed E-state index contributed by atoms with van der Waals surface area (Å²) in [7, 11) is 0. The van der Waals surface area contributed by atoms with Crippen molar-refractivity contribution in [3.8, 4) is 74.1 Å². The predicted octanol–water partition coefficient (Wildman–Crippen LogP) is 16.8. The zero-order valence-electron chi connectivity index (χ0n) is 37.5. The summed E-state index contributed by atoms with van der Waals surface area (Å²) in [6, 6.07) is 58.4. The second-order valence-electron chi connectivity index (χ2n) is 17.0. The molecule has 72 heavy (non-hydrogen) atoms. The molecule has 0 aliphatic heterocycles. The molecule has 11 heteroatoms. The fraction of sp³-hybridized carbons (Fsp3) is 0.0164. The maximum absolute atomic E-state index is 14.2. The molecule has 9 aromatic carbocycles. The predicted molar refractivity (Wildman–Crippen MR) is 275 cm³/mol. The maximum Gasteiger partial charge on any atom is 0.415 e. The lowest BCUT2D eigenvalue weighted by molar-refractivity contribution is -0.137. The fourth-order valence-electron chi connectivity index (χ4n) is 9.88. The number of benzene rings is 9. The monoisotopic (exact) mass is 930 g/mol. The van der Waals surface area contributed by atoms with Gasteiger partial charge in [-0.05, 0) is 130 Å². The standard InChI is InChI=1S/C61H29F3N8/c1-68-42-17-21-44(40(28-42)35-67)38-14-24-58-52(29-38)48-8-4-6-10-56(48)71(58)43-18-22-46(47-20-16-41(61(62,63)64)31-55(47)70-3)50(32-43)51-26-36(33-65)13-23-59(51)72-57-11-7-5-9-49(57)53-30-39(15-25-60(53)72)45-19-12-37(34-66)27-54(45)69-2/h4-32H. The van der Waals surface area contributed by atoms with Gasteiger partial charge in [0.25, 0.3) is 0 Å². The summed E-state index contributed by atoms with van der Waals surface area (Å²) in [5.74, 6) is 0. The Morgan fingerprint density at radius 2 is 0.986 bits per heavy atom. The van der Waals surface area contributed by atoms with Gasteiger partial charge < -0.3 is 9.13 Å². The number of fused-ring (bicyclic) bond motifs is 6. The van der Waals surface area contributed by atoms with Crippen LogP contribution in [0.5, 0.6) is 0 Å². The quantitative estimate of drug-likeness (QED) is 0.155. The van der Waals surface area contributed by atoms with Crippen molar-refractivity contribution in [2.45, 2.75) is 6.18 Å². The van der Waals surface area contributed by atoms with Crippen molar-refractivity contribution in [3.63, 3.8) is 0 Å². The van der Waals surface area contributed by atoms with E-state index in [0.717, 1.165) is 66.9 Å². The Balaban J connectivity index is 1.19. The molecule has 334 valence electrons. The number of para-hydroxylation sites is 2. The number of rotatable bonds is 6. The highest BCUT2D eigenvalue weighted by atomic mass is 19.4. The average Bonchev–Trinajstić information content (AvgIpc) is 3.93. The van der Waals surface area contributed by atoms with Crippen LogP contribution in [0.1, 0.15) is 22.3 Å². The van der Waals surface area contributed by atoms with Crippen molar-refractivity contribution < 1.29 is 13.2 Å². The molecule has 11 aromatic rings. The topological polar surface area (TPSA) is 94.3 Å². The van der Waals surface area contributed by atoms with Gasteiger partial charge in [0.1, 0.15) is 0 Å². The van der Waals surface area contributed by atoms with Gasteiger partial charge >= 0.3 is 6.18 Å². The van der Waals surface area contributed by atoms with E-state index in [1.165, 1.54) is 6.07 Å². The van der Waals surface area contributed by atoms with Crippen molar-refractivity contribution in [1.29, 1.82) is 15.8 Å². The molecular weight excluding hydrogens is 902 g/mol. The molecule has 0 atom stereocenters. The van der Waals surface area contributed by atoms with Crippen LogP contribution in [0, 0.1) is 53.7 Å². The van der Waals surface area contributed by atoms with Gasteiger partial charge in [-0.1, -0.05) is 84.9 Å². The van der Waals surface area contributed by atoms with Crippen molar-refractivity contribution >= 4 is 60.7 Å². The van der Waals surface area contributed by atoms with Crippen LogP contribution in [0.3, 0.4) is 0 Å². The SMILES string of the molecule is [C-]#[N+]c1ccc(-c2ccc3c(c2)c2ccccc2n3-c2ccc(-c3ccc(C(F)(F)F)cc3[N+]#[C-])c(-c3cc(C#N)ccc3-n3c4ccccc4c4cc(-c5ccc(C#N)cc5[N+]#[C-])ccc43)c2)c(C#N)c1.